The number of hydrogen-bond acceptors (Lipinski definition) is 4. The molecule has 0 amide bonds. The fraction of sp³-hybridized carbons (Fsp3) is 0.382. The van der Waals surface area contributed by atoms with E-state index in [1.165, 1.54) is 30.4 Å². The summed E-state index contributed by atoms with van der Waals surface area (Å²) >= 11 is 0. The first-order chi connectivity index (χ1) is 19.6. The van der Waals surface area contributed by atoms with Crippen molar-refractivity contribution < 1.29 is 45.3 Å². The largest absolute Gasteiger partial charge is 2.00 e. The zero-order chi connectivity index (χ0) is 27.7. The number of methoxy groups -OCH3 is 2. The number of benzene rings is 2. The maximum atomic E-state index is 10.5. The van der Waals surface area contributed by atoms with Gasteiger partial charge in [0.05, 0.1) is 19.9 Å². The van der Waals surface area contributed by atoms with E-state index >= 15 is 0 Å². The number of nitrogens with zero attached hydrogens (tertiary/aromatic N) is 3. The molecule has 0 bridgehead atoms. The van der Waals surface area contributed by atoms with Crippen molar-refractivity contribution in [2.45, 2.75) is 51.4 Å². The van der Waals surface area contributed by atoms with Crippen molar-refractivity contribution >= 4 is 24.0 Å². The van der Waals surface area contributed by atoms with Crippen LogP contribution < -0.4 is 9.47 Å². The monoisotopic (exact) mass is 773 g/mol. The number of aliphatic imine (C=N–C) groups is 2. The minimum atomic E-state index is 0. The summed E-state index contributed by atoms with van der Waals surface area (Å²) in [7, 11) is 3.35. The third kappa shape index (κ3) is 8.56. The first-order valence-electron chi connectivity index (χ1n) is 14.2. The van der Waals surface area contributed by atoms with Gasteiger partial charge >= 0.3 is 31.1 Å². The second-order valence-corrected chi connectivity index (χ2v) is 10.6. The molecular weight excluding hydrogens is 736 g/mol. The van der Waals surface area contributed by atoms with E-state index in [1.54, 1.807) is 14.2 Å². The number of amidine groups is 1. The summed E-state index contributed by atoms with van der Waals surface area (Å²) in [6, 6.07) is 12.0. The Balaban J connectivity index is 0.00000387. The summed E-state index contributed by atoms with van der Waals surface area (Å²) in [5.41, 5.74) is 5.01. The van der Waals surface area contributed by atoms with Crippen LogP contribution >= 0.6 is 0 Å². The molecule has 2 aliphatic carbocycles. The van der Waals surface area contributed by atoms with E-state index in [9.17, 15) is 5.41 Å². The van der Waals surface area contributed by atoms with Gasteiger partial charge in [-0.15, -0.1) is 11.5 Å². The van der Waals surface area contributed by atoms with Gasteiger partial charge in [0.1, 0.15) is 12.4 Å². The average Bonchev–Trinajstić information content (AvgIpc) is 3.24. The van der Waals surface area contributed by atoms with Gasteiger partial charge in [-0.05, 0) is 66.3 Å². The summed E-state index contributed by atoms with van der Waals surface area (Å²) in [6.07, 6.45) is 21.8. The van der Waals surface area contributed by atoms with Crippen molar-refractivity contribution in [3.05, 3.63) is 94.1 Å². The molecule has 2 aromatic rings. The van der Waals surface area contributed by atoms with Gasteiger partial charge in [-0.2, -0.15) is 0 Å². The minimum Gasteiger partial charge on any atom is -0.640 e. The van der Waals surface area contributed by atoms with Gasteiger partial charge in [0, 0.05) is 12.1 Å². The normalized spacial score (nSPS) is 18.5. The summed E-state index contributed by atoms with van der Waals surface area (Å²) in [5, 5.41) is 10.5. The molecule has 0 spiro atoms. The number of fused-ring (bicyclic) bond motifs is 1. The van der Waals surface area contributed by atoms with E-state index in [2.05, 4.69) is 35.5 Å². The molecular formula is C34H37N3O3U. The predicted molar refractivity (Wildman–Crippen MR) is 162 cm³/mol. The Morgan fingerprint density at radius 2 is 1.85 bits per heavy atom. The van der Waals surface area contributed by atoms with Gasteiger partial charge in [0.15, 0.2) is 11.5 Å². The van der Waals surface area contributed by atoms with Gasteiger partial charge < -0.3 is 30.8 Å². The zero-order valence-corrected chi connectivity index (χ0v) is 28.1. The molecule has 1 unspecified atom stereocenters. The Morgan fingerprint density at radius 1 is 1.00 bits per heavy atom. The second-order valence-electron chi connectivity index (χ2n) is 10.6. The summed E-state index contributed by atoms with van der Waals surface area (Å²) < 4.78 is 17.1. The number of hydrogen-bond donors (Lipinski definition) is 0. The minimum absolute atomic E-state index is 0. The van der Waals surface area contributed by atoms with Gasteiger partial charge in [0.25, 0.3) is 0 Å². The Kier molecular flexibility index (Phi) is 11.7. The van der Waals surface area contributed by atoms with Crippen LogP contribution in [0.1, 0.15) is 55.2 Å². The molecule has 7 heteroatoms. The number of rotatable bonds is 9. The molecule has 210 valence electrons. The molecule has 0 radical (unpaired) electrons. The van der Waals surface area contributed by atoms with Crippen LogP contribution in [0.2, 0.25) is 0 Å². The molecule has 41 heavy (non-hydrogen) atoms. The Hall–Kier alpha value is -2.88. The molecule has 6 nitrogen and oxygen atoms in total. The van der Waals surface area contributed by atoms with Crippen molar-refractivity contribution in [3.8, 4) is 11.5 Å². The first-order valence-corrected chi connectivity index (χ1v) is 14.2. The van der Waals surface area contributed by atoms with E-state index in [-0.39, 0.29) is 42.9 Å². The maximum Gasteiger partial charge on any atom is 2.00 e. The van der Waals surface area contributed by atoms with Crippen LogP contribution in [-0.4, -0.2) is 39.1 Å². The first kappa shape index (κ1) is 31.1. The molecule has 3 aliphatic rings. The molecule has 0 N–H and O–H groups in total. The van der Waals surface area contributed by atoms with Crippen LogP contribution in [0.25, 0.3) is 5.41 Å². The van der Waals surface area contributed by atoms with Crippen molar-refractivity contribution in [1.29, 1.82) is 0 Å². The maximum absolute atomic E-state index is 10.5. The van der Waals surface area contributed by atoms with E-state index in [4.69, 9.17) is 19.2 Å². The van der Waals surface area contributed by atoms with Crippen molar-refractivity contribution in [3.63, 3.8) is 0 Å². The Morgan fingerprint density at radius 3 is 2.66 bits per heavy atom. The smallest absolute Gasteiger partial charge is 0.640 e. The predicted octanol–water partition coefficient (Wildman–Crippen LogP) is 7.45. The van der Waals surface area contributed by atoms with E-state index < -0.39 is 0 Å². The molecule has 1 heterocycles. The average molecular weight is 774 g/mol. The van der Waals surface area contributed by atoms with Crippen LogP contribution in [0, 0.1) is 42.9 Å². The van der Waals surface area contributed by atoms with Gasteiger partial charge in [-0.1, -0.05) is 62.5 Å². The summed E-state index contributed by atoms with van der Waals surface area (Å²) in [6.45, 7) is 0.460. The standard InChI is InChI=1S/C34H37N3O3.U/c1-38-30-10-6-9-25(11-15-30)23-40-32-16-12-26(19-33(32)39-2)17-27-18-28-13-14-29(20-31(28)36-22-27)34(35)37-21-24-7-4-3-5-8-24;/h9-16,19-20,22,24,27H,3-8,17-18,23H2,1-2H3;/q-2;+2. The van der Waals surface area contributed by atoms with Crippen LogP contribution in [-0.2, 0) is 17.6 Å². The van der Waals surface area contributed by atoms with Gasteiger partial charge in [-0.3, -0.25) is 4.99 Å². The number of allylic oxidation sites excluding steroid dienone is 3. The second kappa shape index (κ2) is 15.4. The van der Waals surface area contributed by atoms with E-state index in [0.717, 1.165) is 60.6 Å². The fourth-order valence-electron chi connectivity index (χ4n) is 5.42. The molecule has 5 rings (SSSR count). The summed E-state index contributed by atoms with van der Waals surface area (Å²) in [5.74, 6) is 2.94. The van der Waals surface area contributed by atoms with E-state index in [1.807, 2.05) is 42.6 Å². The third-order valence-electron chi connectivity index (χ3n) is 7.72. The van der Waals surface area contributed by atoms with Crippen molar-refractivity contribution in [2.24, 2.45) is 21.8 Å². The van der Waals surface area contributed by atoms with E-state index in [0.29, 0.717) is 18.1 Å². The molecule has 1 aliphatic heterocycles. The molecule has 2 aromatic carbocycles. The molecule has 0 aromatic heterocycles. The van der Waals surface area contributed by atoms with Gasteiger partial charge in [-0.25, -0.2) is 5.84 Å². The molecule has 1 fully saturated rings. The molecule has 0 saturated heterocycles. The quantitative estimate of drug-likeness (QED) is 0.151. The summed E-state index contributed by atoms with van der Waals surface area (Å²) in [4.78, 5) is 8.98. The fourth-order valence-corrected chi connectivity index (χ4v) is 5.42. The third-order valence-corrected chi connectivity index (χ3v) is 7.72. The zero-order valence-electron chi connectivity index (χ0n) is 23.9. The van der Waals surface area contributed by atoms with Crippen LogP contribution in [0.4, 0.5) is 5.69 Å². The van der Waals surface area contributed by atoms with Crippen molar-refractivity contribution in [2.75, 3.05) is 20.8 Å². The Labute approximate surface area is 267 Å². The van der Waals surface area contributed by atoms with Crippen LogP contribution in [0.15, 0.2) is 82.0 Å². The molecule has 1 saturated carbocycles. The number of ether oxygens (including phenoxy) is 3. The topological polar surface area (TPSA) is 74.7 Å². The van der Waals surface area contributed by atoms with Crippen LogP contribution in [0.5, 0.6) is 11.5 Å². The van der Waals surface area contributed by atoms with Gasteiger partial charge in [0.2, 0.25) is 0 Å². The SMILES string of the molecule is COC1=CCC=C(COc2ccc(CC3C=Nc4cc(C(=[N-])N=[C-]C5CCCCC5)ccc4C3)cc2OC)C=C1.[U+2]. The Bertz CT molecular complexity index is 1370. The van der Waals surface area contributed by atoms with Crippen LogP contribution in [0.3, 0.4) is 0 Å². The van der Waals surface area contributed by atoms with Crippen molar-refractivity contribution in [1.82, 2.24) is 0 Å². The molecule has 1 atom stereocenters.